The molecule has 0 radical (unpaired) electrons. The summed E-state index contributed by atoms with van der Waals surface area (Å²) in [7, 11) is 0. The molecule has 4 aliphatic rings. The molecule has 0 heteroatoms. The largest absolute Gasteiger partial charge is 0.0847 e. The molecule has 0 N–H and O–H groups in total. The molecule has 0 aromatic heterocycles. The Morgan fingerprint density at radius 2 is 1.95 bits per heavy atom. The summed E-state index contributed by atoms with van der Waals surface area (Å²) in [5.41, 5.74) is 6.13. The number of rotatable bonds is 0. The van der Waals surface area contributed by atoms with E-state index in [9.17, 15) is 0 Å². The van der Waals surface area contributed by atoms with Gasteiger partial charge in [0.05, 0.1) is 0 Å². The Labute approximate surface area is 118 Å². The van der Waals surface area contributed by atoms with E-state index < -0.39 is 0 Å². The molecule has 0 spiro atoms. The van der Waals surface area contributed by atoms with Crippen LogP contribution in [0.5, 0.6) is 0 Å². The average Bonchev–Trinajstić information content (AvgIpc) is 2.75. The highest BCUT2D eigenvalue weighted by atomic mass is 14.5. The summed E-state index contributed by atoms with van der Waals surface area (Å²) < 4.78 is 0. The van der Waals surface area contributed by atoms with Crippen LogP contribution < -0.4 is 0 Å². The fourth-order valence-corrected chi connectivity index (χ4v) is 5.97. The van der Waals surface area contributed by atoms with E-state index in [1.807, 2.05) is 11.1 Å². The first-order valence-corrected chi connectivity index (χ1v) is 8.58. The van der Waals surface area contributed by atoms with Gasteiger partial charge in [0.25, 0.3) is 0 Å². The van der Waals surface area contributed by atoms with Crippen molar-refractivity contribution >= 4 is 0 Å². The van der Waals surface area contributed by atoms with Crippen molar-refractivity contribution < 1.29 is 0 Å². The predicted octanol–water partition coefficient (Wildman–Crippen LogP) is 5.65. The molecule has 4 rings (SSSR count). The highest BCUT2D eigenvalue weighted by Crippen LogP contribution is 2.61. The van der Waals surface area contributed by atoms with Crippen LogP contribution in [0, 0.1) is 23.2 Å². The summed E-state index contributed by atoms with van der Waals surface area (Å²) in [5.74, 6) is 2.98. The van der Waals surface area contributed by atoms with Crippen molar-refractivity contribution in [1.29, 1.82) is 0 Å². The van der Waals surface area contributed by atoms with E-state index in [4.69, 9.17) is 0 Å². The van der Waals surface area contributed by atoms with Crippen LogP contribution in [0.3, 0.4) is 0 Å². The highest BCUT2D eigenvalue weighted by molar-refractivity contribution is 5.29. The Morgan fingerprint density at radius 1 is 1.11 bits per heavy atom. The molecular weight excluding hydrogens is 228 g/mol. The minimum absolute atomic E-state index is 0.563. The van der Waals surface area contributed by atoms with E-state index >= 15 is 0 Å². The first-order valence-electron chi connectivity index (χ1n) is 8.58. The summed E-state index contributed by atoms with van der Waals surface area (Å²) in [6.45, 7) is 4.96. The predicted molar refractivity (Wildman–Crippen MR) is 80.9 cm³/mol. The van der Waals surface area contributed by atoms with Gasteiger partial charge in [-0.15, -0.1) is 0 Å². The normalized spacial score (nSPS) is 45.4. The first-order chi connectivity index (χ1) is 9.20. The zero-order valence-electron chi connectivity index (χ0n) is 12.7. The summed E-state index contributed by atoms with van der Waals surface area (Å²) in [6.07, 6.45) is 15.7. The molecule has 0 aliphatic heterocycles. The van der Waals surface area contributed by atoms with Crippen LogP contribution >= 0.6 is 0 Å². The number of allylic oxidation sites excluding steroid dienone is 4. The molecule has 1 saturated carbocycles. The highest BCUT2D eigenvalue weighted by Gasteiger charge is 2.50. The van der Waals surface area contributed by atoms with E-state index in [0.717, 1.165) is 17.8 Å². The Kier molecular flexibility index (Phi) is 2.73. The van der Waals surface area contributed by atoms with Crippen LogP contribution in [-0.2, 0) is 0 Å². The number of hydrogen-bond donors (Lipinski definition) is 0. The van der Waals surface area contributed by atoms with Gasteiger partial charge >= 0.3 is 0 Å². The topological polar surface area (TPSA) is 0 Å². The quantitative estimate of drug-likeness (QED) is 0.491. The van der Waals surface area contributed by atoms with Crippen molar-refractivity contribution in [3.63, 3.8) is 0 Å². The van der Waals surface area contributed by atoms with Crippen molar-refractivity contribution in [3.8, 4) is 0 Å². The number of fused-ring (bicyclic) bond motifs is 4. The first kappa shape index (κ1) is 12.2. The van der Waals surface area contributed by atoms with Crippen LogP contribution in [0.4, 0.5) is 0 Å². The molecule has 4 aliphatic carbocycles. The second kappa shape index (κ2) is 4.24. The summed E-state index contributed by atoms with van der Waals surface area (Å²) >= 11 is 0. The second-order valence-electron chi connectivity index (χ2n) is 7.83. The van der Waals surface area contributed by atoms with Crippen molar-refractivity contribution in [2.75, 3.05) is 0 Å². The van der Waals surface area contributed by atoms with Crippen molar-refractivity contribution in [2.45, 2.75) is 71.6 Å². The Balaban J connectivity index is 1.67. The summed E-state index contributed by atoms with van der Waals surface area (Å²) in [5, 5.41) is 0. The molecule has 0 bridgehead atoms. The van der Waals surface area contributed by atoms with E-state index in [1.165, 1.54) is 57.8 Å². The molecule has 0 amide bonds. The smallest absolute Gasteiger partial charge is 0.00849 e. The Bertz CT molecular complexity index is 453. The zero-order valence-corrected chi connectivity index (χ0v) is 12.7. The van der Waals surface area contributed by atoms with Gasteiger partial charge in [0.2, 0.25) is 0 Å². The maximum Gasteiger partial charge on any atom is -0.00849 e. The second-order valence-corrected chi connectivity index (χ2v) is 7.83. The minimum atomic E-state index is 0.563. The maximum absolute atomic E-state index is 2.57. The molecule has 0 heterocycles. The fraction of sp³-hybridized carbons (Fsp3) is 0.789. The third-order valence-electron chi connectivity index (χ3n) is 7.26. The van der Waals surface area contributed by atoms with Crippen LogP contribution in [0.2, 0.25) is 0 Å². The summed E-state index contributed by atoms with van der Waals surface area (Å²) in [6, 6.07) is 0. The van der Waals surface area contributed by atoms with E-state index in [0.29, 0.717) is 5.41 Å². The molecule has 0 nitrogen and oxygen atoms in total. The lowest BCUT2D eigenvalue weighted by Gasteiger charge is -2.51. The fourth-order valence-electron chi connectivity index (χ4n) is 5.97. The minimum Gasteiger partial charge on any atom is -0.0847 e. The standard InChI is InChI=1S/C19H28/c1-13-7-10-18-17-9-8-14-5-3-4-6-15(14)16(17)11-12-19(13,18)2/h7,16-18H,3-6,8-12H2,1-2H3. The van der Waals surface area contributed by atoms with Gasteiger partial charge in [-0.05, 0) is 87.9 Å². The molecule has 19 heavy (non-hydrogen) atoms. The molecule has 0 aromatic carbocycles. The monoisotopic (exact) mass is 256 g/mol. The Hall–Kier alpha value is -0.520. The van der Waals surface area contributed by atoms with E-state index in [1.54, 1.807) is 5.57 Å². The molecule has 4 atom stereocenters. The Morgan fingerprint density at radius 3 is 2.84 bits per heavy atom. The van der Waals surface area contributed by atoms with Crippen molar-refractivity contribution in [1.82, 2.24) is 0 Å². The lowest BCUT2D eigenvalue weighted by atomic mass is 9.53. The van der Waals surface area contributed by atoms with Crippen molar-refractivity contribution in [3.05, 3.63) is 22.8 Å². The molecule has 0 aromatic rings. The van der Waals surface area contributed by atoms with E-state index in [-0.39, 0.29) is 0 Å². The summed E-state index contributed by atoms with van der Waals surface area (Å²) in [4.78, 5) is 0. The van der Waals surface area contributed by atoms with Gasteiger partial charge in [-0.2, -0.15) is 0 Å². The van der Waals surface area contributed by atoms with Gasteiger partial charge in [0, 0.05) is 0 Å². The van der Waals surface area contributed by atoms with Gasteiger partial charge in [0.1, 0.15) is 0 Å². The van der Waals surface area contributed by atoms with Crippen LogP contribution in [-0.4, -0.2) is 0 Å². The molecule has 1 fully saturated rings. The average molecular weight is 256 g/mol. The third kappa shape index (κ3) is 1.64. The molecule has 104 valence electrons. The van der Waals surface area contributed by atoms with Crippen molar-refractivity contribution in [2.24, 2.45) is 23.2 Å². The van der Waals surface area contributed by atoms with Gasteiger partial charge in [-0.3, -0.25) is 0 Å². The van der Waals surface area contributed by atoms with Gasteiger partial charge in [-0.25, -0.2) is 0 Å². The van der Waals surface area contributed by atoms with E-state index in [2.05, 4.69) is 19.9 Å². The zero-order chi connectivity index (χ0) is 13.0. The molecule has 4 unspecified atom stereocenters. The SMILES string of the molecule is CC1=CCC2C3CCC4=C(CCCC4)C3CCC12C. The number of hydrogen-bond acceptors (Lipinski definition) is 0. The lowest BCUT2D eigenvalue weighted by molar-refractivity contribution is 0.0550. The van der Waals surface area contributed by atoms with Crippen LogP contribution in [0.15, 0.2) is 22.8 Å². The van der Waals surface area contributed by atoms with Crippen LogP contribution in [0.25, 0.3) is 0 Å². The van der Waals surface area contributed by atoms with Gasteiger partial charge < -0.3 is 0 Å². The molecular formula is C19H28. The van der Waals surface area contributed by atoms with Crippen LogP contribution in [0.1, 0.15) is 71.6 Å². The van der Waals surface area contributed by atoms with Gasteiger partial charge in [-0.1, -0.05) is 29.7 Å². The molecule has 0 saturated heterocycles. The van der Waals surface area contributed by atoms with Gasteiger partial charge in [0.15, 0.2) is 0 Å². The third-order valence-corrected chi connectivity index (χ3v) is 7.26. The maximum atomic E-state index is 2.57. The lowest BCUT2D eigenvalue weighted by Crippen LogP contribution is -2.42.